The highest BCUT2D eigenvalue weighted by Crippen LogP contribution is 2.22. The molecule has 0 aliphatic carbocycles. The number of methoxy groups -OCH3 is 1. The molecule has 0 amide bonds. The third-order valence-electron chi connectivity index (χ3n) is 2.86. The average molecular weight is 271 g/mol. The number of hydrogen-bond donors (Lipinski definition) is 2. The molecule has 100 valence electrons. The van der Waals surface area contributed by atoms with Crippen LogP contribution in [-0.2, 0) is 4.74 Å². The highest BCUT2D eigenvalue weighted by Gasteiger charge is 2.14. The zero-order valence-corrected chi connectivity index (χ0v) is 10.4. The summed E-state index contributed by atoms with van der Waals surface area (Å²) in [5.41, 5.74) is 0.811. The van der Waals surface area contributed by atoms with Crippen LogP contribution >= 0.6 is 0 Å². The first-order valence-corrected chi connectivity index (χ1v) is 5.69. The molecule has 8 nitrogen and oxygen atoms in total. The van der Waals surface area contributed by atoms with Gasteiger partial charge in [0, 0.05) is 17.0 Å². The maximum absolute atomic E-state index is 12.0. The number of tetrazole rings is 1. The van der Waals surface area contributed by atoms with Gasteiger partial charge in [0.1, 0.15) is 5.69 Å². The van der Waals surface area contributed by atoms with Gasteiger partial charge >= 0.3 is 5.97 Å². The molecule has 0 radical (unpaired) electrons. The van der Waals surface area contributed by atoms with E-state index in [-0.39, 0.29) is 11.1 Å². The molecule has 20 heavy (non-hydrogen) atoms. The number of nitrogens with one attached hydrogen (secondary N) is 2. The summed E-state index contributed by atoms with van der Waals surface area (Å²) in [5.74, 6) is -0.291. The van der Waals surface area contributed by atoms with Crippen molar-refractivity contribution in [1.82, 2.24) is 25.6 Å². The molecule has 0 atom stereocenters. The molecule has 2 N–H and O–H groups in total. The number of aromatic nitrogens is 5. The largest absolute Gasteiger partial charge is 0.464 e. The molecule has 3 rings (SSSR count). The van der Waals surface area contributed by atoms with Crippen LogP contribution in [0.2, 0.25) is 0 Å². The minimum atomic E-state index is -0.619. The van der Waals surface area contributed by atoms with Gasteiger partial charge in [0.15, 0.2) is 5.43 Å². The third-order valence-corrected chi connectivity index (χ3v) is 2.86. The molecular formula is C12H9N5O3. The van der Waals surface area contributed by atoms with Gasteiger partial charge in [0.2, 0.25) is 5.82 Å². The smallest absolute Gasteiger partial charge is 0.354 e. The number of fused-ring (bicyclic) bond motifs is 1. The van der Waals surface area contributed by atoms with E-state index in [1.54, 1.807) is 18.2 Å². The van der Waals surface area contributed by atoms with Crippen molar-refractivity contribution in [3.8, 4) is 11.4 Å². The summed E-state index contributed by atoms with van der Waals surface area (Å²) < 4.78 is 4.61. The number of carbonyl (C=O) groups excluding carboxylic acids is 1. The summed E-state index contributed by atoms with van der Waals surface area (Å²) in [5, 5.41) is 14.0. The Morgan fingerprint density at radius 3 is 2.90 bits per heavy atom. The number of benzene rings is 1. The number of ether oxygens (including phenoxy) is 1. The van der Waals surface area contributed by atoms with Gasteiger partial charge in [-0.1, -0.05) is 6.07 Å². The lowest BCUT2D eigenvalue weighted by Crippen LogP contribution is -2.11. The Labute approximate surface area is 111 Å². The van der Waals surface area contributed by atoms with E-state index in [1.165, 1.54) is 13.2 Å². The van der Waals surface area contributed by atoms with Crippen LogP contribution < -0.4 is 5.43 Å². The number of esters is 1. The summed E-state index contributed by atoms with van der Waals surface area (Å²) in [4.78, 5) is 26.5. The monoisotopic (exact) mass is 271 g/mol. The number of rotatable bonds is 2. The van der Waals surface area contributed by atoms with Gasteiger partial charge in [-0.05, 0) is 17.3 Å². The van der Waals surface area contributed by atoms with Gasteiger partial charge in [-0.3, -0.25) is 4.79 Å². The van der Waals surface area contributed by atoms with Gasteiger partial charge in [0.25, 0.3) is 0 Å². The predicted molar refractivity (Wildman–Crippen MR) is 69.1 cm³/mol. The SMILES string of the molecule is COC(=O)c1cc(=O)c2cccc(-c3nn[nH]n3)c2[nH]1. The zero-order valence-electron chi connectivity index (χ0n) is 10.4. The molecule has 8 heteroatoms. The lowest BCUT2D eigenvalue weighted by Gasteiger charge is -2.05. The fraction of sp³-hybridized carbons (Fsp3) is 0.0833. The molecule has 0 bridgehead atoms. The van der Waals surface area contributed by atoms with Crippen molar-refractivity contribution in [1.29, 1.82) is 0 Å². The Hall–Kier alpha value is -3.03. The molecule has 0 aliphatic rings. The minimum Gasteiger partial charge on any atom is -0.464 e. The molecule has 0 fully saturated rings. The maximum Gasteiger partial charge on any atom is 0.354 e. The number of para-hydroxylation sites is 1. The van der Waals surface area contributed by atoms with Crippen LogP contribution in [0.3, 0.4) is 0 Å². The minimum absolute atomic E-state index is 0.0703. The van der Waals surface area contributed by atoms with Crippen molar-refractivity contribution < 1.29 is 9.53 Å². The number of carbonyl (C=O) groups is 1. The maximum atomic E-state index is 12.0. The molecule has 1 aromatic carbocycles. The number of H-pyrrole nitrogens is 2. The molecule has 0 unspecified atom stereocenters. The van der Waals surface area contributed by atoms with Crippen LogP contribution in [0.1, 0.15) is 10.5 Å². The quantitative estimate of drug-likeness (QED) is 0.656. The average Bonchev–Trinajstić information content (AvgIpc) is 2.99. The topological polar surface area (TPSA) is 114 Å². The molecule has 3 aromatic rings. The van der Waals surface area contributed by atoms with Crippen LogP contribution in [0, 0.1) is 0 Å². The van der Waals surface area contributed by atoms with E-state index < -0.39 is 5.97 Å². The highest BCUT2D eigenvalue weighted by molar-refractivity contribution is 5.96. The summed E-state index contributed by atoms with van der Waals surface area (Å²) in [6.07, 6.45) is 0. The van der Waals surface area contributed by atoms with Gasteiger partial charge < -0.3 is 9.72 Å². The van der Waals surface area contributed by atoms with Crippen LogP contribution in [-0.4, -0.2) is 38.7 Å². The summed E-state index contributed by atoms with van der Waals surface area (Å²) in [7, 11) is 1.25. The molecule has 0 saturated heterocycles. The van der Waals surface area contributed by atoms with E-state index in [2.05, 4.69) is 30.3 Å². The van der Waals surface area contributed by atoms with Crippen LogP contribution in [0.25, 0.3) is 22.3 Å². The zero-order chi connectivity index (χ0) is 14.1. The fourth-order valence-electron chi connectivity index (χ4n) is 1.95. The standard InChI is InChI=1S/C12H9N5O3/c1-20-12(19)8-5-9(18)6-3-2-4-7(10(6)13-8)11-14-16-17-15-11/h2-5H,1H3,(H,13,18)(H,14,15,16,17). The fourth-order valence-corrected chi connectivity index (χ4v) is 1.95. The van der Waals surface area contributed by atoms with E-state index in [9.17, 15) is 9.59 Å². The Morgan fingerprint density at radius 2 is 2.20 bits per heavy atom. The third kappa shape index (κ3) is 1.83. The number of pyridine rings is 1. The lowest BCUT2D eigenvalue weighted by molar-refractivity contribution is 0.0594. The van der Waals surface area contributed by atoms with Gasteiger partial charge in [0.05, 0.1) is 12.6 Å². The van der Waals surface area contributed by atoms with Crippen molar-refractivity contribution in [3.05, 3.63) is 40.2 Å². The van der Waals surface area contributed by atoms with Gasteiger partial charge in [-0.2, -0.15) is 5.21 Å². The Kier molecular flexibility index (Phi) is 2.75. The first kappa shape index (κ1) is 12.0. The number of hydrogen-bond acceptors (Lipinski definition) is 6. The van der Waals surface area contributed by atoms with Crippen molar-refractivity contribution in [2.45, 2.75) is 0 Å². The van der Waals surface area contributed by atoms with E-state index in [4.69, 9.17) is 0 Å². The normalized spacial score (nSPS) is 10.7. The molecule has 2 heterocycles. The molecule has 0 spiro atoms. The van der Waals surface area contributed by atoms with Crippen LogP contribution in [0.4, 0.5) is 0 Å². The Balaban J connectivity index is 2.35. The first-order valence-electron chi connectivity index (χ1n) is 5.69. The summed E-state index contributed by atoms with van der Waals surface area (Å²) in [6, 6.07) is 6.29. The van der Waals surface area contributed by atoms with E-state index >= 15 is 0 Å². The van der Waals surface area contributed by atoms with E-state index in [0.29, 0.717) is 22.3 Å². The molecule has 2 aromatic heterocycles. The number of nitrogens with zero attached hydrogens (tertiary/aromatic N) is 3. The summed E-state index contributed by atoms with van der Waals surface area (Å²) >= 11 is 0. The first-order chi connectivity index (χ1) is 9.70. The van der Waals surface area contributed by atoms with Gasteiger partial charge in [-0.15, -0.1) is 10.2 Å². The summed E-state index contributed by atoms with van der Waals surface area (Å²) in [6.45, 7) is 0. The van der Waals surface area contributed by atoms with Crippen molar-refractivity contribution >= 4 is 16.9 Å². The van der Waals surface area contributed by atoms with Gasteiger partial charge in [-0.25, -0.2) is 4.79 Å². The molecular weight excluding hydrogens is 262 g/mol. The van der Waals surface area contributed by atoms with Crippen molar-refractivity contribution in [3.63, 3.8) is 0 Å². The highest BCUT2D eigenvalue weighted by atomic mass is 16.5. The molecule has 0 saturated carbocycles. The molecule has 0 aliphatic heterocycles. The van der Waals surface area contributed by atoms with Crippen LogP contribution in [0.5, 0.6) is 0 Å². The van der Waals surface area contributed by atoms with Crippen molar-refractivity contribution in [2.75, 3.05) is 7.11 Å². The second kappa shape index (κ2) is 4.57. The second-order valence-corrected chi connectivity index (χ2v) is 4.00. The van der Waals surface area contributed by atoms with Crippen molar-refractivity contribution in [2.24, 2.45) is 0 Å². The predicted octanol–water partition coefficient (Wildman–Crippen LogP) is 0.495. The van der Waals surface area contributed by atoms with Crippen LogP contribution in [0.15, 0.2) is 29.1 Å². The lowest BCUT2D eigenvalue weighted by atomic mass is 10.1. The Morgan fingerprint density at radius 1 is 1.35 bits per heavy atom. The Bertz CT molecular complexity index is 838. The van der Waals surface area contributed by atoms with E-state index in [0.717, 1.165) is 0 Å². The van der Waals surface area contributed by atoms with E-state index in [1.807, 2.05) is 0 Å². The second-order valence-electron chi connectivity index (χ2n) is 4.00. The number of aromatic amines is 2.